The van der Waals surface area contributed by atoms with Gasteiger partial charge in [-0.1, -0.05) is 12.1 Å². The van der Waals surface area contributed by atoms with Crippen LogP contribution in [0.25, 0.3) is 11.0 Å². The Bertz CT molecular complexity index is 1200. The third-order valence-corrected chi connectivity index (χ3v) is 6.23. The zero-order valence-electron chi connectivity index (χ0n) is 17.4. The van der Waals surface area contributed by atoms with Gasteiger partial charge in [0.25, 0.3) is 11.8 Å². The number of ether oxygens (including phenoxy) is 1. The second kappa shape index (κ2) is 8.05. The molecular formula is C22H20F3N5O3. The summed E-state index contributed by atoms with van der Waals surface area (Å²) in [4.78, 5) is 28.9. The van der Waals surface area contributed by atoms with Gasteiger partial charge in [-0.2, -0.15) is 28.6 Å². The first-order valence-electron chi connectivity index (χ1n) is 10.5. The first kappa shape index (κ1) is 21.2. The molecule has 2 atom stereocenters. The highest BCUT2D eigenvalue weighted by Crippen LogP contribution is 2.36. The Morgan fingerprint density at radius 3 is 2.36 bits per heavy atom. The van der Waals surface area contributed by atoms with E-state index in [4.69, 9.17) is 4.74 Å². The van der Waals surface area contributed by atoms with Crippen molar-refractivity contribution in [2.75, 3.05) is 32.8 Å². The fraction of sp³-hybridized carbons (Fsp3) is 0.364. The van der Waals surface area contributed by atoms with Gasteiger partial charge in [0, 0.05) is 43.6 Å². The van der Waals surface area contributed by atoms with E-state index in [2.05, 4.69) is 15.4 Å². The van der Waals surface area contributed by atoms with Crippen LogP contribution in [0, 0.1) is 11.8 Å². The maximum atomic E-state index is 13.1. The summed E-state index contributed by atoms with van der Waals surface area (Å²) in [5.41, 5.74) is 0.915. The summed E-state index contributed by atoms with van der Waals surface area (Å²) in [6.07, 6.45) is -4.56. The minimum Gasteiger partial charge on any atom is -0.483 e. The largest absolute Gasteiger partial charge is 0.483 e. The molecule has 1 aromatic heterocycles. The zero-order valence-corrected chi connectivity index (χ0v) is 17.4. The summed E-state index contributed by atoms with van der Waals surface area (Å²) in [7, 11) is 0. The lowest BCUT2D eigenvalue weighted by molar-refractivity contribution is -0.140. The Labute approximate surface area is 186 Å². The molecule has 0 radical (unpaired) electrons. The predicted molar refractivity (Wildman–Crippen MR) is 110 cm³/mol. The van der Waals surface area contributed by atoms with Gasteiger partial charge in [-0.05, 0) is 30.3 Å². The average Bonchev–Trinajstić information content (AvgIpc) is 3.50. The zero-order chi connectivity index (χ0) is 23.2. The summed E-state index contributed by atoms with van der Waals surface area (Å²) in [6, 6.07) is 9.98. The van der Waals surface area contributed by atoms with Gasteiger partial charge >= 0.3 is 6.18 Å². The molecule has 2 amide bonds. The van der Waals surface area contributed by atoms with Crippen molar-refractivity contribution in [2.24, 2.45) is 11.8 Å². The van der Waals surface area contributed by atoms with Crippen LogP contribution in [-0.2, 0) is 11.0 Å². The molecule has 2 aliphatic heterocycles. The van der Waals surface area contributed by atoms with Gasteiger partial charge in [0.2, 0.25) is 0 Å². The first-order chi connectivity index (χ1) is 15.8. The number of alkyl halides is 3. The number of halogens is 3. The van der Waals surface area contributed by atoms with Gasteiger partial charge in [0.15, 0.2) is 6.61 Å². The van der Waals surface area contributed by atoms with E-state index in [9.17, 15) is 22.8 Å². The highest BCUT2D eigenvalue weighted by molar-refractivity contribution is 5.97. The van der Waals surface area contributed by atoms with E-state index >= 15 is 0 Å². The fourth-order valence-corrected chi connectivity index (χ4v) is 4.58. The molecule has 33 heavy (non-hydrogen) atoms. The van der Waals surface area contributed by atoms with Crippen LogP contribution in [0.5, 0.6) is 5.75 Å². The quantitative estimate of drug-likeness (QED) is 0.648. The van der Waals surface area contributed by atoms with Crippen LogP contribution in [0.2, 0.25) is 0 Å². The molecule has 2 fully saturated rings. The smallest absolute Gasteiger partial charge is 0.419 e. The lowest BCUT2D eigenvalue weighted by atomic mass is 10.0. The number of para-hydroxylation sites is 1. The molecule has 0 saturated carbocycles. The fourth-order valence-electron chi connectivity index (χ4n) is 4.58. The molecule has 11 heteroatoms. The van der Waals surface area contributed by atoms with Crippen LogP contribution in [0.3, 0.4) is 0 Å². The van der Waals surface area contributed by atoms with Crippen molar-refractivity contribution in [3.63, 3.8) is 0 Å². The lowest BCUT2D eigenvalue weighted by Crippen LogP contribution is -2.37. The number of nitrogens with zero attached hydrogens (tertiary/aromatic N) is 4. The highest BCUT2D eigenvalue weighted by Gasteiger charge is 2.43. The molecule has 2 unspecified atom stereocenters. The van der Waals surface area contributed by atoms with Crippen LogP contribution in [0.15, 0.2) is 42.5 Å². The molecule has 172 valence electrons. The lowest BCUT2D eigenvalue weighted by Gasteiger charge is -2.22. The standard InChI is InChI=1S/C22H20F3N5O3/c23-22(24,25)16-3-1-2-4-19(16)33-12-20(31)29-8-14-10-30(11-15(14)9-29)21(32)13-5-6-17-18(7-13)27-28-26-17/h1-7,14-15H,8-12H2,(H,26,27,28). The van der Waals surface area contributed by atoms with E-state index in [1.807, 2.05) is 0 Å². The maximum absolute atomic E-state index is 13.1. The van der Waals surface area contributed by atoms with Crippen molar-refractivity contribution in [1.29, 1.82) is 0 Å². The topological polar surface area (TPSA) is 91.4 Å². The number of fused-ring (bicyclic) bond motifs is 2. The van der Waals surface area contributed by atoms with Crippen molar-refractivity contribution in [2.45, 2.75) is 6.18 Å². The van der Waals surface area contributed by atoms with E-state index in [-0.39, 0.29) is 29.4 Å². The molecule has 1 N–H and O–H groups in total. The van der Waals surface area contributed by atoms with E-state index < -0.39 is 18.3 Å². The summed E-state index contributed by atoms with van der Waals surface area (Å²) in [6.45, 7) is 1.45. The number of hydrogen-bond donors (Lipinski definition) is 1. The first-order valence-corrected chi connectivity index (χ1v) is 10.5. The van der Waals surface area contributed by atoms with Gasteiger partial charge < -0.3 is 14.5 Å². The van der Waals surface area contributed by atoms with E-state index in [0.29, 0.717) is 42.8 Å². The predicted octanol–water partition coefficient (Wildman–Crippen LogP) is 2.59. The van der Waals surface area contributed by atoms with Crippen LogP contribution in [-0.4, -0.2) is 69.8 Å². The second-order valence-corrected chi connectivity index (χ2v) is 8.34. The van der Waals surface area contributed by atoms with E-state index in [1.54, 1.807) is 28.0 Å². The van der Waals surface area contributed by atoms with Gasteiger partial charge in [-0.25, -0.2) is 0 Å². The summed E-state index contributed by atoms with van der Waals surface area (Å²) < 4.78 is 44.5. The van der Waals surface area contributed by atoms with Crippen molar-refractivity contribution < 1.29 is 27.5 Å². The number of likely N-dealkylation sites (tertiary alicyclic amines) is 2. The Kier molecular flexibility index (Phi) is 5.18. The van der Waals surface area contributed by atoms with E-state index in [1.165, 1.54) is 18.2 Å². The van der Waals surface area contributed by atoms with Crippen LogP contribution in [0.1, 0.15) is 15.9 Å². The second-order valence-electron chi connectivity index (χ2n) is 8.34. The Morgan fingerprint density at radius 2 is 1.64 bits per heavy atom. The SMILES string of the molecule is O=C(COc1ccccc1C(F)(F)F)N1CC2CN(C(=O)c3ccc4n[nH]nc4c3)CC2C1. The van der Waals surface area contributed by atoms with Crippen LogP contribution in [0.4, 0.5) is 13.2 Å². The Balaban J connectivity index is 1.17. The van der Waals surface area contributed by atoms with Crippen molar-refractivity contribution in [1.82, 2.24) is 25.2 Å². The Morgan fingerprint density at radius 1 is 0.970 bits per heavy atom. The molecule has 0 aliphatic carbocycles. The number of amides is 2. The molecule has 2 aromatic carbocycles. The van der Waals surface area contributed by atoms with Crippen molar-refractivity contribution in [3.8, 4) is 5.75 Å². The number of aromatic nitrogens is 3. The van der Waals surface area contributed by atoms with Crippen molar-refractivity contribution >= 4 is 22.8 Å². The molecule has 8 nitrogen and oxygen atoms in total. The third kappa shape index (κ3) is 4.10. The highest BCUT2D eigenvalue weighted by atomic mass is 19.4. The molecule has 0 bridgehead atoms. The van der Waals surface area contributed by atoms with Crippen LogP contribution < -0.4 is 4.74 Å². The summed E-state index contributed by atoms with van der Waals surface area (Å²) in [5, 5.41) is 10.5. The number of nitrogens with one attached hydrogen (secondary N) is 1. The molecular weight excluding hydrogens is 439 g/mol. The average molecular weight is 459 g/mol. The molecule has 2 saturated heterocycles. The minimum absolute atomic E-state index is 0.0979. The molecule has 3 aromatic rings. The van der Waals surface area contributed by atoms with Gasteiger partial charge in [0.05, 0.1) is 5.56 Å². The summed E-state index contributed by atoms with van der Waals surface area (Å²) >= 11 is 0. The van der Waals surface area contributed by atoms with Crippen LogP contribution >= 0.6 is 0 Å². The molecule has 2 aliphatic rings. The number of H-pyrrole nitrogens is 1. The number of carbonyl (C=O) groups is 2. The number of benzene rings is 2. The van der Waals surface area contributed by atoms with E-state index in [0.717, 1.165) is 6.07 Å². The molecule has 3 heterocycles. The number of carbonyl (C=O) groups excluding carboxylic acids is 2. The Hall–Kier alpha value is -3.63. The van der Waals surface area contributed by atoms with Gasteiger partial charge in [0.1, 0.15) is 16.8 Å². The normalized spacial score (nSPS) is 20.3. The third-order valence-electron chi connectivity index (χ3n) is 6.23. The minimum atomic E-state index is -4.56. The monoisotopic (exact) mass is 459 g/mol. The maximum Gasteiger partial charge on any atom is 0.419 e. The van der Waals surface area contributed by atoms with Gasteiger partial charge in [-0.15, -0.1) is 0 Å². The molecule has 5 rings (SSSR count). The number of hydrogen-bond acceptors (Lipinski definition) is 5. The number of rotatable bonds is 4. The number of aromatic amines is 1. The molecule has 0 spiro atoms. The summed E-state index contributed by atoms with van der Waals surface area (Å²) in [5.74, 6) is -0.583. The van der Waals surface area contributed by atoms with Crippen molar-refractivity contribution in [3.05, 3.63) is 53.6 Å². The van der Waals surface area contributed by atoms with Gasteiger partial charge in [-0.3, -0.25) is 9.59 Å².